The average Bonchev–Trinajstić information content (AvgIpc) is 2.78. The Labute approximate surface area is 117 Å². The summed E-state index contributed by atoms with van der Waals surface area (Å²) in [4.78, 5) is 14.0. The van der Waals surface area contributed by atoms with Gasteiger partial charge in [0.05, 0.1) is 22.0 Å². The van der Waals surface area contributed by atoms with Crippen LogP contribution in [0.3, 0.4) is 0 Å². The number of rotatable bonds is 3. The third-order valence-electron chi connectivity index (χ3n) is 2.45. The lowest BCUT2D eigenvalue weighted by Gasteiger charge is -2.08. The van der Waals surface area contributed by atoms with E-state index in [9.17, 15) is 9.18 Å². The summed E-state index contributed by atoms with van der Waals surface area (Å²) in [5, 5.41) is 0. The van der Waals surface area contributed by atoms with Crippen molar-refractivity contribution >= 4 is 33.0 Å². The molecule has 0 atom stereocenters. The van der Waals surface area contributed by atoms with Crippen LogP contribution >= 0.6 is 27.3 Å². The predicted octanol–water partition coefficient (Wildman–Crippen LogP) is 4.20. The Balaban J connectivity index is 2.50. The molecule has 2 rings (SSSR count). The van der Waals surface area contributed by atoms with E-state index in [1.165, 1.54) is 30.6 Å². The fourth-order valence-corrected chi connectivity index (χ4v) is 2.73. The van der Waals surface area contributed by atoms with E-state index in [0.29, 0.717) is 10.4 Å². The van der Waals surface area contributed by atoms with Gasteiger partial charge in [-0.25, -0.2) is 4.39 Å². The second-order valence-corrected chi connectivity index (χ2v) is 5.85. The third kappa shape index (κ3) is 2.47. The number of ether oxygens (including phenoxy) is 1. The van der Waals surface area contributed by atoms with E-state index in [4.69, 9.17) is 4.74 Å². The molecular weight excluding hydrogens is 319 g/mol. The van der Waals surface area contributed by atoms with Crippen molar-refractivity contribution in [3.8, 4) is 5.75 Å². The molecule has 1 aromatic heterocycles. The molecule has 1 aromatic carbocycles. The van der Waals surface area contributed by atoms with E-state index >= 15 is 0 Å². The first kappa shape index (κ1) is 13.2. The van der Waals surface area contributed by atoms with Gasteiger partial charge in [0.2, 0.25) is 5.78 Å². The van der Waals surface area contributed by atoms with E-state index in [-0.39, 0.29) is 16.0 Å². The Kier molecular flexibility index (Phi) is 3.82. The van der Waals surface area contributed by atoms with Crippen molar-refractivity contribution in [3.05, 3.63) is 49.9 Å². The van der Waals surface area contributed by atoms with Crippen molar-refractivity contribution in [2.75, 3.05) is 7.11 Å². The molecule has 94 valence electrons. The van der Waals surface area contributed by atoms with Crippen molar-refractivity contribution in [3.63, 3.8) is 0 Å². The van der Waals surface area contributed by atoms with Crippen LogP contribution in [0.4, 0.5) is 4.39 Å². The van der Waals surface area contributed by atoms with Gasteiger partial charge in [0.15, 0.2) is 0 Å². The Morgan fingerprint density at radius 3 is 2.67 bits per heavy atom. The maximum Gasteiger partial charge on any atom is 0.206 e. The van der Waals surface area contributed by atoms with Gasteiger partial charge in [-0.05, 0) is 41.1 Å². The topological polar surface area (TPSA) is 26.3 Å². The number of halogens is 2. The van der Waals surface area contributed by atoms with Gasteiger partial charge >= 0.3 is 0 Å². The molecule has 0 fully saturated rings. The lowest BCUT2D eigenvalue weighted by Crippen LogP contribution is -2.03. The van der Waals surface area contributed by atoms with E-state index in [0.717, 1.165) is 4.88 Å². The summed E-state index contributed by atoms with van der Waals surface area (Å²) < 4.78 is 18.7. The molecule has 2 aromatic rings. The first-order valence-electron chi connectivity index (χ1n) is 5.17. The minimum Gasteiger partial charge on any atom is -0.496 e. The van der Waals surface area contributed by atoms with Crippen LogP contribution in [0.5, 0.6) is 5.75 Å². The van der Waals surface area contributed by atoms with Crippen LogP contribution in [-0.4, -0.2) is 12.9 Å². The normalized spacial score (nSPS) is 10.4. The average molecular weight is 329 g/mol. The molecule has 2 nitrogen and oxygen atoms in total. The number of hydrogen-bond acceptors (Lipinski definition) is 3. The molecule has 0 bridgehead atoms. The highest BCUT2D eigenvalue weighted by Crippen LogP contribution is 2.29. The predicted molar refractivity (Wildman–Crippen MR) is 73.1 cm³/mol. The van der Waals surface area contributed by atoms with Crippen LogP contribution in [0.25, 0.3) is 0 Å². The van der Waals surface area contributed by atoms with Gasteiger partial charge in [-0.2, -0.15) is 0 Å². The van der Waals surface area contributed by atoms with Gasteiger partial charge in [-0.3, -0.25) is 4.79 Å². The van der Waals surface area contributed by atoms with Gasteiger partial charge in [0.1, 0.15) is 11.6 Å². The van der Waals surface area contributed by atoms with E-state index in [1.54, 1.807) is 6.07 Å². The fourth-order valence-electron chi connectivity index (χ4n) is 1.56. The van der Waals surface area contributed by atoms with Crippen LogP contribution in [-0.2, 0) is 0 Å². The van der Waals surface area contributed by atoms with Crippen molar-refractivity contribution < 1.29 is 13.9 Å². The highest BCUT2D eigenvalue weighted by Gasteiger charge is 2.18. The fraction of sp³-hybridized carbons (Fsp3) is 0.154. The molecular formula is C13H10BrFO2S. The van der Waals surface area contributed by atoms with E-state index in [2.05, 4.69) is 15.9 Å². The summed E-state index contributed by atoms with van der Waals surface area (Å²) in [6.07, 6.45) is 0. The summed E-state index contributed by atoms with van der Waals surface area (Å²) in [5.74, 6) is -0.372. The zero-order valence-corrected chi connectivity index (χ0v) is 12.2. The van der Waals surface area contributed by atoms with Crippen LogP contribution in [0.1, 0.15) is 20.1 Å². The number of carbonyl (C=O) groups is 1. The number of aryl methyl sites for hydroxylation is 1. The molecule has 0 N–H and O–H groups in total. The van der Waals surface area contributed by atoms with Crippen LogP contribution < -0.4 is 4.74 Å². The Bertz CT molecular complexity index is 607. The summed E-state index contributed by atoms with van der Waals surface area (Å²) in [6, 6.07) is 6.30. The van der Waals surface area contributed by atoms with Crippen LogP contribution in [0, 0.1) is 12.7 Å². The zero-order valence-electron chi connectivity index (χ0n) is 9.79. The smallest absolute Gasteiger partial charge is 0.206 e. The molecule has 18 heavy (non-hydrogen) atoms. The minimum absolute atomic E-state index is 0.161. The van der Waals surface area contributed by atoms with Crippen LogP contribution in [0.15, 0.2) is 28.7 Å². The minimum atomic E-state index is -0.453. The number of thiophene rings is 1. The Morgan fingerprint density at radius 1 is 1.39 bits per heavy atom. The summed E-state index contributed by atoms with van der Waals surface area (Å²) >= 11 is 4.48. The molecule has 0 unspecified atom stereocenters. The van der Waals surface area contributed by atoms with Gasteiger partial charge in [0, 0.05) is 10.9 Å². The van der Waals surface area contributed by atoms with Gasteiger partial charge < -0.3 is 4.74 Å². The number of ketones is 1. The van der Waals surface area contributed by atoms with E-state index in [1.807, 2.05) is 13.0 Å². The summed E-state index contributed by atoms with van der Waals surface area (Å²) in [7, 11) is 1.42. The second-order valence-electron chi connectivity index (χ2n) is 3.71. The number of hydrogen-bond donors (Lipinski definition) is 0. The van der Waals surface area contributed by atoms with Gasteiger partial charge in [0.25, 0.3) is 0 Å². The molecule has 0 aliphatic heterocycles. The third-order valence-corrected chi connectivity index (χ3v) is 4.06. The lowest BCUT2D eigenvalue weighted by atomic mass is 10.1. The quantitative estimate of drug-likeness (QED) is 0.789. The zero-order chi connectivity index (χ0) is 13.3. The second kappa shape index (κ2) is 5.20. The monoisotopic (exact) mass is 328 g/mol. The van der Waals surface area contributed by atoms with Gasteiger partial charge in [-0.1, -0.05) is 0 Å². The number of methoxy groups -OCH3 is 1. The van der Waals surface area contributed by atoms with Crippen molar-refractivity contribution in [1.82, 2.24) is 0 Å². The first-order valence-corrected chi connectivity index (χ1v) is 6.78. The standard InChI is InChI=1S/C13H10BrFO2S/c1-7-3-4-12(18-7)13(16)8-5-9(14)10(15)6-11(8)17-2/h3-6H,1-2H3. The summed E-state index contributed by atoms with van der Waals surface area (Å²) in [6.45, 7) is 1.93. The molecule has 0 saturated heterocycles. The summed E-state index contributed by atoms with van der Waals surface area (Å²) in [5.41, 5.74) is 0.354. The number of benzene rings is 1. The van der Waals surface area contributed by atoms with Crippen molar-refractivity contribution in [1.29, 1.82) is 0 Å². The maximum atomic E-state index is 13.4. The molecule has 0 radical (unpaired) electrons. The molecule has 5 heteroatoms. The Morgan fingerprint density at radius 2 is 2.11 bits per heavy atom. The molecule has 0 aliphatic carbocycles. The van der Waals surface area contributed by atoms with E-state index < -0.39 is 5.82 Å². The molecule has 0 aliphatic rings. The molecule has 0 spiro atoms. The molecule has 0 amide bonds. The Hall–Kier alpha value is -1.20. The van der Waals surface area contributed by atoms with Crippen LogP contribution in [0.2, 0.25) is 0 Å². The highest BCUT2D eigenvalue weighted by molar-refractivity contribution is 9.10. The first-order chi connectivity index (χ1) is 8.52. The highest BCUT2D eigenvalue weighted by atomic mass is 79.9. The van der Waals surface area contributed by atoms with Crippen molar-refractivity contribution in [2.24, 2.45) is 0 Å². The molecule has 1 heterocycles. The van der Waals surface area contributed by atoms with Crippen molar-refractivity contribution in [2.45, 2.75) is 6.92 Å². The SMILES string of the molecule is COc1cc(F)c(Br)cc1C(=O)c1ccc(C)s1. The molecule has 0 saturated carbocycles. The lowest BCUT2D eigenvalue weighted by molar-refractivity contribution is 0.103. The largest absolute Gasteiger partial charge is 0.496 e. The van der Waals surface area contributed by atoms with Gasteiger partial charge in [-0.15, -0.1) is 11.3 Å². The number of carbonyl (C=O) groups excluding carboxylic acids is 1. The maximum absolute atomic E-state index is 13.4.